The molecule has 0 aliphatic heterocycles. The highest BCUT2D eigenvalue weighted by Gasteiger charge is 2.40. The van der Waals surface area contributed by atoms with Crippen molar-refractivity contribution in [3.8, 4) is 0 Å². The molecule has 20 heavy (non-hydrogen) atoms. The molecule has 0 heterocycles. The molecule has 0 aliphatic rings. The number of likely N-dealkylation sites (N-methyl/N-ethyl adjacent to an activating group) is 1. The van der Waals surface area contributed by atoms with E-state index in [-0.39, 0.29) is 23.5 Å². The first-order chi connectivity index (χ1) is 8.86. The lowest BCUT2D eigenvalue weighted by Crippen LogP contribution is -2.45. The number of hydrogen-bond acceptors (Lipinski definition) is 4. The Morgan fingerprint density at radius 2 is 1.70 bits per heavy atom. The number of carbonyl (C=O) groups excluding carboxylic acids is 2. The molecule has 0 rings (SSSR count). The van der Waals surface area contributed by atoms with Gasteiger partial charge in [0.2, 0.25) is 0 Å². The summed E-state index contributed by atoms with van der Waals surface area (Å²) in [7, 11) is -0.597. The van der Waals surface area contributed by atoms with Gasteiger partial charge in [-0.1, -0.05) is 34.6 Å². The summed E-state index contributed by atoms with van der Waals surface area (Å²) >= 11 is 0. The van der Waals surface area contributed by atoms with Crippen molar-refractivity contribution in [3.05, 3.63) is 0 Å². The average molecular weight is 303 g/mol. The van der Waals surface area contributed by atoms with E-state index in [2.05, 4.69) is 20.8 Å². The van der Waals surface area contributed by atoms with Crippen molar-refractivity contribution in [2.24, 2.45) is 5.92 Å². The first-order valence-electron chi connectivity index (χ1n) is 6.96. The Balaban J connectivity index is 4.37. The molecule has 0 fully saturated rings. The Bertz CT molecular complexity index is 348. The van der Waals surface area contributed by atoms with E-state index in [0.717, 1.165) is 0 Å². The van der Waals surface area contributed by atoms with E-state index in [1.54, 1.807) is 0 Å². The van der Waals surface area contributed by atoms with Gasteiger partial charge in [0.25, 0.3) is 8.32 Å². The highest BCUT2D eigenvalue weighted by Crippen LogP contribution is 2.36. The van der Waals surface area contributed by atoms with E-state index in [1.807, 2.05) is 26.9 Å². The molecule has 0 saturated carbocycles. The number of amides is 1. The molecule has 0 atom stereocenters. The summed E-state index contributed by atoms with van der Waals surface area (Å²) in [5.74, 6) is -0.105. The molecule has 0 aromatic rings. The predicted molar refractivity (Wildman–Crippen MR) is 82.1 cm³/mol. The molecular formula is C14H29NO4Si. The first-order valence-corrected chi connectivity index (χ1v) is 9.87. The lowest BCUT2D eigenvalue weighted by molar-refractivity contribution is -0.136. The molecule has 0 aliphatic carbocycles. The average Bonchev–Trinajstić information content (AvgIpc) is 2.22. The van der Waals surface area contributed by atoms with Gasteiger partial charge in [-0.15, -0.1) is 0 Å². The van der Waals surface area contributed by atoms with Crippen LogP contribution >= 0.6 is 0 Å². The maximum absolute atomic E-state index is 11.9. The van der Waals surface area contributed by atoms with Gasteiger partial charge in [-0.2, -0.15) is 0 Å². The quantitative estimate of drug-likeness (QED) is 0.732. The smallest absolute Gasteiger partial charge is 0.410 e. The van der Waals surface area contributed by atoms with E-state index < -0.39 is 14.4 Å². The van der Waals surface area contributed by atoms with E-state index >= 15 is 0 Å². The SMILES string of the molecule is CC(C)COC(=O)N(C)CC(=O)O[Si](C)(C)C(C)(C)C. The van der Waals surface area contributed by atoms with Crippen molar-refractivity contribution in [2.45, 2.75) is 52.8 Å². The van der Waals surface area contributed by atoms with E-state index in [9.17, 15) is 9.59 Å². The summed E-state index contributed by atoms with van der Waals surface area (Å²) in [4.78, 5) is 24.8. The number of carbonyl (C=O) groups is 2. The Hall–Kier alpha value is -1.04. The fraction of sp³-hybridized carbons (Fsp3) is 0.857. The van der Waals surface area contributed by atoms with Crippen molar-refractivity contribution in [2.75, 3.05) is 20.2 Å². The molecule has 0 saturated heterocycles. The Morgan fingerprint density at radius 1 is 1.20 bits per heavy atom. The standard InChI is InChI=1S/C14H29NO4Si/c1-11(2)10-18-13(17)15(6)9-12(16)19-20(7,8)14(3,4)5/h11H,9-10H2,1-8H3. The van der Waals surface area contributed by atoms with Crippen LogP contribution in [-0.2, 0) is 14.0 Å². The summed E-state index contributed by atoms with van der Waals surface area (Å²) in [6.45, 7) is 14.4. The highest BCUT2D eigenvalue weighted by atomic mass is 28.4. The fourth-order valence-corrected chi connectivity index (χ4v) is 2.02. The van der Waals surface area contributed by atoms with Crippen molar-refractivity contribution in [1.29, 1.82) is 0 Å². The molecule has 5 nitrogen and oxygen atoms in total. The third-order valence-corrected chi connectivity index (χ3v) is 7.74. The number of rotatable bonds is 5. The van der Waals surface area contributed by atoms with Crippen LogP contribution in [0.1, 0.15) is 34.6 Å². The molecule has 0 radical (unpaired) electrons. The molecule has 1 amide bonds. The minimum atomic E-state index is -2.13. The molecule has 0 N–H and O–H groups in total. The topological polar surface area (TPSA) is 55.8 Å². The number of hydrogen-bond donors (Lipinski definition) is 0. The van der Waals surface area contributed by atoms with Crippen LogP contribution in [0.5, 0.6) is 0 Å². The summed E-state index contributed by atoms with van der Waals surface area (Å²) < 4.78 is 10.7. The Kier molecular flexibility index (Phi) is 6.73. The van der Waals surface area contributed by atoms with Gasteiger partial charge in [0.15, 0.2) is 0 Å². The summed E-state index contributed by atoms with van der Waals surface area (Å²) in [6.07, 6.45) is -0.495. The molecule has 0 bridgehead atoms. The second-order valence-corrected chi connectivity index (χ2v) is 11.8. The zero-order valence-electron chi connectivity index (χ0n) is 14.1. The van der Waals surface area contributed by atoms with Crippen LogP contribution in [-0.4, -0.2) is 45.5 Å². The van der Waals surface area contributed by atoms with E-state index in [1.165, 1.54) is 11.9 Å². The van der Waals surface area contributed by atoms with Gasteiger partial charge in [-0.05, 0) is 24.1 Å². The Morgan fingerprint density at radius 3 is 2.10 bits per heavy atom. The normalized spacial score (nSPS) is 12.2. The van der Waals surface area contributed by atoms with Gasteiger partial charge in [0, 0.05) is 7.05 Å². The van der Waals surface area contributed by atoms with Crippen LogP contribution in [0.25, 0.3) is 0 Å². The van der Waals surface area contributed by atoms with Gasteiger partial charge in [-0.3, -0.25) is 4.79 Å². The van der Waals surface area contributed by atoms with Gasteiger partial charge in [-0.25, -0.2) is 4.79 Å². The van der Waals surface area contributed by atoms with E-state index in [4.69, 9.17) is 9.16 Å². The zero-order chi connectivity index (χ0) is 16.1. The minimum absolute atomic E-state index is 0.0423. The highest BCUT2D eigenvalue weighted by molar-refractivity contribution is 6.75. The lowest BCUT2D eigenvalue weighted by atomic mass is 10.2. The second-order valence-electron chi connectivity index (χ2n) is 7.06. The van der Waals surface area contributed by atoms with Gasteiger partial charge < -0.3 is 14.1 Å². The summed E-state index contributed by atoms with van der Waals surface area (Å²) in [6, 6.07) is 0. The number of nitrogens with zero attached hydrogens (tertiary/aromatic N) is 1. The molecule has 0 aromatic heterocycles. The largest absolute Gasteiger partial charge is 0.518 e. The second kappa shape index (κ2) is 7.11. The molecule has 0 unspecified atom stereocenters. The summed E-state index contributed by atoms with van der Waals surface area (Å²) in [5, 5.41) is -0.0423. The van der Waals surface area contributed by atoms with Crippen LogP contribution in [0.3, 0.4) is 0 Å². The first kappa shape index (κ1) is 19.0. The number of ether oxygens (including phenoxy) is 1. The molecule has 6 heteroatoms. The van der Waals surface area contributed by atoms with E-state index in [0.29, 0.717) is 6.61 Å². The van der Waals surface area contributed by atoms with Crippen LogP contribution in [0.2, 0.25) is 18.1 Å². The minimum Gasteiger partial charge on any atom is -0.518 e. The molecule has 0 spiro atoms. The van der Waals surface area contributed by atoms with Crippen molar-refractivity contribution in [1.82, 2.24) is 4.90 Å². The van der Waals surface area contributed by atoms with Gasteiger partial charge >= 0.3 is 12.1 Å². The third-order valence-electron chi connectivity index (χ3n) is 3.39. The summed E-state index contributed by atoms with van der Waals surface area (Å²) in [5.41, 5.74) is 0. The maximum Gasteiger partial charge on any atom is 0.410 e. The van der Waals surface area contributed by atoms with Crippen LogP contribution in [0.4, 0.5) is 4.79 Å². The van der Waals surface area contributed by atoms with Crippen LogP contribution < -0.4 is 0 Å². The van der Waals surface area contributed by atoms with Crippen molar-refractivity contribution >= 4 is 20.4 Å². The van der Waals surface area contributed by atoms with Crippen molar-refractivity contribution < 1.29 is 18.8 Å². The lowest BCUT2D eigenvalue weighted by Gasteiger charge is -2.35. The van der Waals surface area contributed by atoms with Crippen LogP contribution in [0, 0.1) is 5.92 Å². The van der Waals surface area contributed by atoms with Crippen LogP contribution in [0.15, 0.2) is 0 Å². The third kappa shape index (κ3) is 6.41. The van der Waals surface area contributed by atoms with Gasteiger partial charge in [0.05, 0.1) is 6.61 Å². The molecular weight excluding hydrogens is 274 g/mol. The fourth-order valence-electron chi connectivity index (χ4n) is 1.08. The Labute approximate surface area is 123 Å². The zero-order valence-corrected chi connectivity index (χ0v) is 15.1. The predicted octanol–water partition coefficient (Wildman–Crippen LogP) is 3.26. The maximum atomic E-state index is 11.9. The monoisotopic (exact) mass is 303 g/mol. The van der Waals surface area contributed by atoms with Gasteiger partial charge in [0.1, 0.15) is 6.54 Å². The molecule has 0 aromatic carbocycles. The van der Waals surface area contributed by atoms with Crippen molar-refractivity contribution in [3.63, 3.8) is 0 Å². The molecule has 118 valence electrons.